The number of pyridine rings is 1. The van der Waals surface area contributed by atoms with Gasteiger partial charge in [-0.15, -0.1) is 0 Å². The minimum Gasteiger partial charge on any atom is -0.463 e. The van der Waals surface area contributed by atoms with Crippen molar-refractivity contribution in [3.63, 3.8) is 0 Å². The maximum atomic E-state index is 12.7. The van der Waals surface area contributed by atoms with Gasteiger partial charge in [0.25, 0.3) is 0 Å². The maximum absolute atomic E-state index is 12.7. The van der Waals surface area contributed by atoms with Gasteiger partial charge in [-0.2, -0.15) is 13.2 Å². The normalized spacial score (nSPS) is 11.8. The minimum atomic E-state index is -4.53. The number of nitrogens with zero attached hydrogens (tertiary/aromatic N) is 1. The predicted molar refractivity (Wildman–Crippen MR) is 90.4 cm³/mol. The molecule has 3 nitrogen and oxygen atoms in total. The van der Waals surface area contributed by atoms with Crippen LogP contribution in [-0.4, -0.2) is 17.6 Å². The summed E-state index contributed by atoms with van der Waals surface area (Å²) in [5.74, 6) is -0.533. The van der Waals surface area contributed by atoms with Crippen molar-refractivity contribution >= 4 is 35.2 Å². The number of carbonyl (C=O) groups is 1. The van der Waals surface area contributed by atoms with Gasteiger partial charge in [0.1, 0.15) is 0 Å². The number of benzene rings is 1. The number of rotatable bonds is 4. The summed E-state index contributed by atoms with van der Waals surface area (Å²) >= 11 is 12.0. The Morgan fingerprint density at radius 1 is 1.24 bits per heavy atom. The Bertz CT molecular complexity index is 820. The number of ether oxygens (including phenoxy) is 1. The summed E-state index contributed by atoms with van der Waals surface area (Å²) < 4.78 is 42.8. The average Bonchev–Trinajstić information content (AvgIpc) is 2.53. The maximum Gasteiger partial charge on any atom is 0.417 e. The van der Waals surface area contributed by atoms with E-state index in [1.807, 2.05) is 0 Å². The topological polar surface area (TPSA) is 39.2 Å². The van der Waals surface area contributed by atoms with Gasteiger partial charge in [0.05, 0.1) is 22.9 Å². The molecule has 0 saturated heterocycles. The Labute approximate surface area is 152 Å². The molecule has 0 aliphatic rings. The van der Waals surface area contributed by atoms with Gasteiger partial charge in [0.15, 0.2) is 0 Å². The molecular formula is C17H12Cl2F3NO2. The summed E-state index contributed by atoms with van der Waals surface area (Å²) in [5.41, 5.74) is 0.186. The minimum absolute atomic E-state index is 0.141. The highest BCUT2D eigenvalue weighted by molar-refractivity contribution is 6.33. The van der Waals surface area contributed by atoms with Crippen molar-refractivity contribution in [2.45, 2.75) is 13.1 Å². The van der Waals surface area contributed by atoms with Crippen LogP contribution in [-0.2, 0) is 15.7 Å². The Kier molecular flexibility index (Phi) is 6.08. The van der Waals surface area contributed by atoms with E-state index in [0.717, 1.165) is 6.07 Å². The molecule has 8 heteroatoms. The molecule has 0 atom stereocenters. The van der Waals surface area contributed by atoms with E-state index in [1.54, 1.807) is 19.1 Å². The molecule has 1 heterocycles. The number of alkyl halides is 3. The lowest BCUT2D eigenvalue weighted by Crippen LogP contribution is -2.05. The van der Waals surface area contributed by atoms with Gasteiger partial charge in [0, 0.05) is 22.9 Å². The Morgan fingerprint density at radius 3 is 2.56 bits per heavy atom. The molecule has 0 fully saturated rings. The largest absolute Gasteiger partial charge is 0.463 e. The van der Waals surface area contributed by atoms with Crippen molar-refractivity contribution in [3.05, 3.63) is 57.7 Å². The SMILES string of the molecule is CCOC(=O)C=Cc1cc(-c2ncc(C(F)(F)F)cc2Cl)ccc1Cl. The zero-order valence-corrected chi connectivity index (χ0v) is 14.4. The van der Waals surface area contributed by atoms with E-state index < -0.39 is 17.7 Å². The third-order valence-electron chi connectivity index (χ3n) is 3.12. The molecular weight excluding hydrogens is 378 g/mol. The van der Waals surface area contributed by atoms with Crippen LogP contribution in [0.2, 0.25) is 10.0 Å². The van der Waals surface area contributed by atoms with Crippen molar-refractivity contribution in [3.8, 4) is 11.3 Å². The summed E-state index contributed by atoms with van der Waals surface area (Å²) in [5, 5.41) is 0.213. The lowest BCUT2D eigenvalue weighted by atomic mass is 10.1. The second-order valence-electron chi connectivity index (χ2n) is 4.87. The van der Waals surface area contributed by atoms with E-state index in [-0.39, 0.29) is 17.3 Å². The van der Waals surface area contributed by atoms with E-state index in [2.05, 4.69) is 4.98 Å². The van der Waals surface area contributed by atoms with Crippen molar-refractivity contribution < 1.29 is 22.7 Å². The van der Waals surface area contributed by atoms with Crippen LogP contribution >= 0.6 is 23.2 Å². The molecule has 1 aromatic carbocycles. The fraction of sp³-hybridized carbons (Fsp3) is 0.176. The van der Waals surface area contributed by atoms with E-state index in [4.69, 9.17) is 27.9 Å². The standard InChI is InChI=1S/C17H12Cl2F3NO2/c1-2-25-15(24)6-4-10-7-11(3-5-13(10)18)16-14(19)8-12(9-23-16)17(20,21)22/h3-9H,2H2,1H3. The fourth-order valence-corrected chi connectivity index (χ4v) is 2.43. The van der Waals surface area contributed by atoms with E-state index in [0.29, 0.717) is 22.3 Å². The van der Waals surface area contributed by atoms with Gasteiger partial charge in [-0.3, -0.25) is 4.98 Å². The van der Waals surface area contributed by atoms with Crippen molar-refractivity contribution in [1.82, 2.24) is 4.98 Å². The third-order valence-corrected chi connectivity index (χ3v) is 3.76. The summed E-state index contributed by atoms with van der Waals surface area (Å²) in [4.78, 5) is 15.2. The monoisotopic (exact) mass is 389 g/mol. The molecule has 0 amide bonds. The number of esters is 1. The quantitative estimate of drug-likeness (QED) is 0.500. The first-order valence-corrected chi connectivity index (χ1v) is 7.85. The van der Waals surface area contributed by atoms with Gasteiger partial charge in [0.2, 0.25) is 0 Å². The molecule has 0 spiro atoms. The predicted octanol–water partition coefficient (Wildman–Crippen LogP) is 5.65. The van der Waals surface area contributed by atoms with Crippen LogP contribution < -0.4 is 0 Å². The number of aromatic nitrogens is 1. The second-order valence-corrected chi connectivity index (χ2v) is 5.69. The van der Waals surface area contributed by atoms with Crippen molar-refractivity contribution in [1.29, 1.82) is 0 Å². The van der Waals surface area contributed by atoms with E-state index in [9.17, 15) is 18.0 Å². The molecule has 0 bridgehead atoms. The fourth-order valence-electron chi connectivity index (χ4n) is 1.97. The van der Waals surface area contributed by atoms with Gasteiger partial charge < -0.3 is 4.74 Å². The Balaban J connectivity index is 2.38. The van der Waals surface area contributed by atoms with Gasteiger partial charge >= 0.3 is 12.1 Å². The van der Waals surface area contributed by atoms with Gasteiger partial charge in [-0.1, -0.05) is 29.3 Å². The molecule has 0 radical (unpaired) electrons. The summed E-state index contributed by atoms with van der Waals surface area (Å²) in [6, 6.07) is 5.50. The molecule has 0 N–H and O–H groups in total. The molecule has 0 aliphatic heterocycles. The second kappa shape index (κ2) is 7.89. The van der Waals surface area contributed by atoms with Crippen molar-refractivity contribution in [2.24, 2.45) is 0 Å². The first kappa shape index (κ1) is 19.3. The molecule has 132 valence electrons. The van der Waals surface area contributed by atoms with Gasteiger partial charge in [-0.05, 0) is 36.8 Å². The first-order chi connectivity index (χ1) is 11.7. The molecule has 0 aliphatic carbocycles. The third kappa shape index (κ3) is 4.96. The number of hydrogen-bond donors (Lipinski definition) is 0. The highest BCUT2D eigenvalue weighted by atomic mass is 35.5. The smallest absolute Gasteiger partial charge is 0.417 e. The lowest BCUT2D eigenvalue weighted by Gasteiger charge is -2.10. The molecule has 1 aromatic heterocycles. The molecule has 25 heavy (non-hydrogen) atoms. The molecule has 2 aromatic rings. The molecule has 2 rings (SSSR count). The average molecular weight is 390 g/mol. The summed E-state index contributed by atoms with van der Waals surface area (Å²) in [7, 11) is 0. The number of carbonyl (C=O) groups excluding carboxylic acids is 1. The van der Waals surface area contributed by atoms with Crippen LogP contribution in [0.4, 0.5) is 13.2 Å². The van der Waals surface area contributed by atoms with Crippen LogP contribution in [0.1, 0.15) is 18.1 Å². The first-order valence-electron chi connectivity index (χ1n) is 7.10. The zero-order chi connectivity index (χ0) is 18.6. The van der Waals surface area contributed by atoms with Gasteiger partial charge in [-0.25, -0.2) is 4.79 Å². The highest BCUT2D eigenvalue weighted by Gasteiger charge is 2.31. The Morgan fingerprint density at radius 2 is 1.96 bits per heavy atom. The van der Waals surface area contributed by atoms with E-state index >= 15 is 0 Å². The lowest BCUT2D eigenvalue weighted by molar-refractivity contribution is -0.138. The van der Waals surface area contributed by atoms with E-state index in [1.165, 1.54) is 18.2 Å². The van der Waals surface area contributed by atoms with Crippen LogP contribution in [0, 0.1) is 0 Å². The Hall–Kier alpha value is -2.05. The van der Waals surface area contributed by atoms with Crippen LogP contribution in [0.15, 0.2) is 36.5 Å². The molecule has 0 saturated carbocycles. The summed E-state index contributed by atoms with van der Waals surface area (Å²) in [6.45, 7) is 1.92. The van der Waals surface area contributed by atoms with Crippen LogP contribution in [0.3, 0.4) is 0 Å². The van der Waals surface area contributed by atoms with Crippen molar-refractivity contribution in [2.75, 3.05) is 6.61 Å². The summed E-state index contributed by atoms with van der Waals surface area (Å²) in [6.07, 6.45) is -1.16. The van der Waals surface area contributed by atoms with Crippen LogP contribution in [0.5, 0.6) is 0 Å². The number of halogens is 5. The highest BCUT2D eigenvalue weighted by Crippen LogP contribution is 2.35. The molecule has 0 unspecified atom stereocenters. The van der Waals surface area contributed by atoms with Crippen LogP contribution in [0.25, 0.3) is 17.3 Å². The zero-order valence-electron chi connectivity index (χ0n) is 12.9. The number of hydrogen-bond acceptors (Lipinski definition) is 3.